The average molecular weight is 560 g/mol. The Morgan fingerprint density at radius 3 is 2.20 bits per heavy atom. The van der Waals surface area contributed by atoms with Gasteiger partial charge in [-0.2, -0.15) is 0 Å². The normalized spacial score (nSPS) is 14.2. The number of pyridine rings is 1. The number of nitrogens with one attached hydrogen (secondary N) is 2. The first kappa shape index (κ1) is 27.0. The predicted molar refractivity (Wildman–Crippen MR) is 146 cm³/mol. The van der Waals surface area contributed by atoms with Crippen molar-refractivity contribution in [1.82, 2.24) is 20.1 Å². The van der Waals surface area contributed by atoms with Crippen molar-refractivity contribution in [2.75, 3.05) is 7.05 Å². The average Bonchev–Trinajstić information content (AvgIpc) is 3.19. The van der Waals surface area contributed by atoms with Gasteiger partial charge in [0.05, 0.1) is 6.54 Å². The summed E-state index contributed by atoms with van der Waals surface area (Å²) in [7, 11) is 1.67. The molecule has 1 fully saturated rings. The van der Waals surface area contributed by atoms with Crippen LogP contribution in [-0.4, -0.2) is 39.6 Å². The van der Waals surface area contributed by atoms with E-state index in [4.69, 9.17) is 17.0 Å². The van der Waals surface area contributed by atoms with Crippen LogP contribution >= 0.6 is 11.6 Å². The monoisotopic (exact) mass is 559 g/mol. The van der Waals surface area contributed by atoms with Crippen LogP contribution in [0, 0.1) is 17.0 Å². The first-order chi connectivity index (χ1) is 19.2. The molecule has 0 radical (unpaired) electrons. The number of halogens is 3. The summed E-state index contributed by atoms with van der Waals surface area (Å²) in [5, 5.41) is 11.9. The topological polar surface area (TPSA) is 89.4 Å². The van der Waals surface area contributed by atoms with Gasteiger partial charge < -0.3 is 10.2 Å². The Morgan fingerprint density at radius 2 is 1.60 bits per heavy atom. The van der Waals surface area contributed by atoms with Gasteiger partial charge in [-0.05, 0) is 70.8 Å². The van der Waals surface area contributed by atoms with Crippen molar-refractivity contribution in [2.24, 2.45) is 0 Å². The fraction of sp³-hybridized carbons (Fsp3) is 0.133. The molecule has 40 heavy (non-hydrogen) atoms. The quantitative estimate of drug-likeness (QED) is 0.309. The first-order valence-electron chi connectivity index (χ1n) is 12.3. The first-order valence-corrected chi connectivity index (χ1v) is 12.7. The van der Waals surface area contributed by atoms with Gasteiger partial charge >= 0.3 is 0 Å². The van der Waals surface area contributed by atoms with E-state index in [0.717, 1.165) is 5.56 Å². The van der Waals surface area contributed by atoms with Gasteiger partial charge in [0, 0.05) is 25.4 Å². The number of hydrogen-bond donors (Lipinski definition) is 2. The SMILES string of the molecule is CN(Cc1ccnc(Cl)c1)C(=O)c1cccc(CN2C(=N)NC(c3ccc(F)cc3)(c3ccc(F)cc3)C2=O)c1. The third-order valence-corrected chi connectivity index (χ3v) is 6.97. The van der Waals surface area contributed by atoms with E-state index in [2.05, 4.69) is 10.3 Å². The summed E-state index contributed by atoms with van der Waals surface area (Å²) in [5.41, 5.74) is 1.11. The van der Waals surface area contributed by atoms with Crippen molar-refractivity contribution in [3.8, 4) is 0 Å². The van der Waals surface area contributed by atoms with Gasteiger partial charge in [0.15, 0.2) is 11.5 Å². The molecule has 202 valence electrons. The van der Waals surface area contributed by atoms with Gasteiger partial charge in [0.25, 0.3) is 11.8 Å². The number of amides is 2. The molecule has 0 unspecified atom stereocenters. The lowest BCUT2D eigenvalue weighted by molar-refractivity contribution is -0.130. The van der Waals surface area contributed by atoms with E-state index in [0.29, 0.717) is 34.0 Å². The van der Waals surface area contributed by atoms with E-state index >= 15 is 0 Å². The number of hydrogen-bond acceptors (Lipinski definition) is 4. The maximum Gasteiger partial charge on any atom is 0.264 e. The zero-order valence-electron chi connectivity index (χ0n) is 21.4. The molecule has 0 spiro atoms. The van der Waals surface area contributed by atoms with Crippen LogP contribution in [0.3, 0.4) is 0 Å². The largest absolute Gasteiger partial charge is 0.337 e. The highest BCUT2D eigenvalue weighted by Crippen LogP contribution is 2.36. The van der Waals surface area contributed by atoms with E-state index < -0.39 is 23.1 Å². The Kier molecular flexibility index (Phi) is 7.32. The summed E-state index contributed by atoms with van der Waals surface area (Å²) in [5.74, 6) is -1.85. The van der Waals surface area contributed by atoms with E-state index in [9.17, 15) is 18.4 Å². The van der Waals surface area contributed by atoms with Crippen LogP contribution in [0.4, 0.5) is 8.78 Å². The summed E-state index contributed by atoms with van der Waals surface area (Å²) >= 11 is 5.96. The molecule has 0 bridgehead atoms. The zero-order valence-corrected chi connectivity index (χ0v) is 22.1. The van der Waals surface area contributed by atoms with Crippen molar-refractivity contribution >= 4 is 29.4 Å². The molecule has 1 aliphatic heterocycles. The molecular weight excluding hydrogens is 536 g/mol. The van der Waals surface area contributed by atoms with Crippen molar-refractivity contribution in [3.05, 3.63) is 136 Å². The molecule has 3 aromatic carbocycles. The van der Waals surface area contributed by atoms with Gasteiger partial charge in [-0.3, -0.25) is 19.9 Å². The third kappa shape index (κ3) is 5.15. The molecule has 0 saturated carbocycles. The highest BCUT2D eigenvalue weighted by atomic mass is 35.5. The van der Waals surface area contributed by atoms with Crippen molar-refractivity contribution in [3.63, 3.8) is 0 Å². The highest BCUT2D eigenvalue weighted by Gasteiger charge is 2.52. The molecule has 2 N–H and O–H groups in total. The van der Waals surface area contributed by atoms with Gasteiger partial charge in [0.2, 0.25) is 0 Å². The summed E-state index contributed by atoms with van der Waals surface area (Å²) in [6.07, 6.45) is 1.57. The summed E-state index contributed by atoms with van der Waals surface area (Å²) < 4.78 is 27.5. The highest BCUT2D eigenvalue weighted by molar-refractivity contribution is 6.29. The van der Waals surface area contributed by atoms with E-state index in [1.54, 1.807) is 54.5 Å². The number of guanidine groups is 1. The summed E-state index contributed by atoms with van der Waals surface area (Å²) in [6, 6.07) is 21.1. The molecular formula is C30H24ClF2N5O2. The smallest absolute Gasteiger partial charge is 0.264 e. The van der Waals surface area contributed by atoms with E-state index in [-0.39, 0.29) is 18.4 Å². The molecule has 1 aliphatic rings. The van der Waals surface area contributed by atoms with Crippen LogP contribution in [0.15, 0.2) is 91.1 Å². The minimum Gasteiger partial charge on any atom is -0.337 e. The third-order valence-electron chi connectivity index (χ3n) is 6.77. The Labute approximate surface area is 234 Å². The van der Waals surface area contributed by atoms with Gasteiger partial charge in [-0.15, -0.1) is 0 Å². The molecule has 4 aromatic rings. The lowest BCUT2D eigenvalue weighted by Crippen LogP contribution is -2.45. The standard InChI is InChI=1S/C30H24ClF2N5O2/c1-37(17-20-13-14-35-26(31)16-20)27(39)21-4-2-3-19(15-21)18-38-28(40)30(36-29(38)34,22-5-9-24(32)10-6-22)23-7-11-25(33)12-8-23/h2-16H,17-18H2,1H3,(H2,34,36). The van der Waals surface area contributed by atoms with Crippen molar-refractivity contribution < 1.29 is 18.4 Å². The van der Waals surface area contributed by atoms with Gasteiger partial charge in [-0.25, -0.2) is 13.8 Å². The van der Waals surface area contributed by atoms with Gasteiger partial charge in [0.1, 0.15) is 16.8 Å². The Bertz CT molecular complexity index is 1550. The number of nitrogens with zero attached hydrogens (tertiary/aromatic N) is 3. The number of carbonyl (C=O) groups excluding carboxylic acids is 2. The fourth-order valence-electron chi connectivity index (χ4n) is 4.80. The lowest BCUT2D eigenvalue weighted by Gasteiger charge is -2.28. The molecule has 1 aromatic heterocycles. The predicted octanol–water partition coefficient (Wildman–Crippen LogP) is 5.10. The minimum absolute atomic E-state index is 0.000394. The maximum absolute atomic E-state index is 14.0. The van der Waals surface area contributed by atoms with E-state index in [1.807, 2.05) is 0 Å². The molecule has 7 nitrogen and oxygen atoms in total. The minimum atomic E-state index is -1.56. The molecule has 2 amide bonds. The Morgan fingerprint density at radius 1 is 0.975 bits per heavy atom. The fourth-order valence-corrected chi connectivity index (χ4v) is 5.00. The molecule has 0 aliphatic carbocycles. The van der Waals surface area contributed by atoms with Crippen LogP contribution in [0.5, 0.6) is 0 Å². The second kappa shape index (κ2) is 10.9. The Hall–Kier alpha value is -4.63. The molecule has 0 atom stereocenters. The van der Waals surface area contributed by atoms with Crippen LogP contribution < -0.4 is 5.32 Å². The maximum atomic E-state index is 14.0. The second-order valence-corrected chi connectivity index (χ2v) is 9.86. The molecule has 5 rings (SSSR count). The number of benzene rings is 3. The van der Waals surface area contributed by atoms with Crippen LogP contribution in [-0.2, 0) is 23.4 Å². The number of aromatic nitrogens is 1. The van der Waals surface area contributed by atoms with Crippen LogP contribution in [0.1, 0.15) is 32.6 Å². The zero-order chi connectivity index (χ0) is 28.4. The van der Waals surface area contributed by atoms with Gasteiger partial charge in [-0.1, -0.05) is 48.0 Å². The molecule has 10 heteroatoms. The van der Waals surface area contributed by atoms with E-state index in [1.165, 1.54) is 53.4 Å². The number of carbonyl (C=O) groups is 2. The lowest BCUT2D eigenvalue weighted by atomic mass is 9.82. The van der Waals surface area contributed by atoms with Crippen LogP contribution in [0.25, 0.3) is 0 Å². The molecule has 2 heterocycles. The Balaban J connectivity index is 1.42. The molecule has 1 saturated heterocycles. The van der Waals surface area contributed by atoms with Crippen LogP contribution in [0.2, 0.25) is 5.15 Å². The number of rotatable bonds is 7. The van der Waals surface area contributed by atoms with Crippen molar-refractivity contribution in [1.29, 1.82) is 5.41 Å². The summed E-state index contributed by atoms with van der Waals surface area (Å²) in [6.45, 7) is 0.321. The second-order valence-electron chi connectivity index (χ2n) is 9.48. The summed E-state index contributed by atoms with van der Waals surface area (Å²) in [4.78, 5) is 33.9. The van der Waals surface area contributed by atoms with Crippen molar-refractivity contribution in [2.45, 2.75) is 18.6 Å².